The van der Waals surface area contributed by atoms with Gasteiger partial charge < -0.3 is 29.3 Å². The zero-order valence-corrected chi connectivity index (χ0v) is 15.8. The number of methoxy groups -OCH3 is 3. The fourth-order valence-corrected chi connectivity index (χ4v) is 2.62. The molecule has 0 bridgehead atoms. The first-order chi connectivity index (χ1) is 13.6. The molecule has 3 aromatic rings. The van der Waals surface area contributed by atoms with Crippen molar-refractivity contribution in [1.82, 2.24) is 10.3 Å². The lowest BCUT2D eigenvalue weighted by molar-refractivity contribution is 0.251. The number of amides is 2. The molecule has 0 fully saturated rings. The fraction of sp³-hybridized carbons (Fsp3) is 0.200. The van der Waals surface area contributed by atoms with Crippen molar-refractivity contribution < 1.29 is 23.4 Å². The molecule has 0 unspecified atom stereocenters. The summed E-state index contributed by atoms with van der Waals surface area (Å²) in [5, 5.41) is 5.53. The molecule has 0 aliphatic heterocycles. The molecule has 0 spiro atoms. The van der Waals surface area contributed by atoms with E-state index in [1.807, 2.05) is 18.2 Å². The maximum absolute atomic E-state index is 12.2. The third-order valence-corrected chi connectivity index (χ3v) is 4.02. The predicted molar refractivity (Wildman–Crippen MR) is 104 cm³/mol. The molecule has 0 aliphatic carbocycles. The van der Waals surface area contributed by atoms with Crippen LogP contribution in [0.15, 0.2) is 53.5 Å². The van der Waals surface area contributed by atoms with Crippen LogP contribution in [0, 0.1) is 0 Å². The van der Waals surface area contributed by atoms with E-state index in [9.17, 15) is 4.79 Å². The number of carbonyl (C=O) groups is 1. The summed E-state index contributed by atoms with van der Waals surface area (Å²) in [6, 6.07) is 8.55. The molecule has 2 aromatic heterocycles. The smallest absolute Gasteiger partial charge is 0.319 e. The third-order valence-electron chi connectivity index (χ3n) is 4.02. The molecule has 1 aromatic carbocycles. The van der Waals surface area contributed by atoms with Crippen LogP contribution in [-0.2, 0) is 6.54 Å². The van der Waals surface area contributed by atoms with Gasteiger partial charge in [0.25, 0.3) is 0 Å². The van der Waals surface area contributed by atoms with Gasteiger partial charge >= 0.3 is 6.03 Å². The van der Waals surface area contributed by atoms with Gasteiger partial charge in [-0.15, -0.1) is 0 Å². The van der Waals surface area contributed by atoms with Gasteiger partial charge in [0.2, 0.25) is 5.75 Å². The van der Waals surface area contributed by atoms with Crippen LogP contribution in [0.3, 0.4) is 0 Å². The second-order valence-corrected chi connectivity index (χ2v) is 5.79. The predicted octanol–water partition coefficient (Wildman–Crippen LogP) is 3.69. The summed E-state index contributed by atoms with van der Waals surface area (Å²) < 4.78 is 20.9. The summed E-state index contributed by atoms with van der Waals surface area (Å²) in [6.45, 7) is 0.328. The molecule has 2 amide bonds. The Kier molecular flexibility index (Phi) is 6.01. The number of aromatic nitrogens is 1. The maximum atomic E-state index is 12.2. The van der Waals surface area contributed by atoms with Gasteiger partial charge in [-0.2, -0.15) is 0 Å². The average Bonchev–Trinajstić information content (AvgIpc) is 3.26. The number of urea groups is 1. The van der Waals surface area contributed by atoms with Gasteiger partial charge in [0.1, 0.15) is 0 Å². The van der Waals surface area contributed by atoms with E-state index in [2.05, 4.69) is 15.6 Å². The lowest BCUT2D eigenvalue weighted by Gasteiger charge is -2.15. The van der Waals surface area contributed by atoms with Crippen molar-refractivity contribution >= 4 is 11.7 Å². The van der Waals surface area contributed by atoms with Crippen molar-refractivity contribution in [1.29, 1.82) is 0 Å². The SMILES string of the molecule is COc1cc(NC(=O)NCc2ccc(-c3ccoc3)nc2)cc(OC)c1OC. The summed E-state index contributed by atoms with van der Waals surface area (Å²) in [5.41, 5.74) is 3.09. The van der Waals surface area contributed by atoms with Crippen molar-refractivity contribution in [3.8, 4) is 28.5 Å². The summed E-state index contributed by atoms with van der Waals surface area (Å²) in [7, 11) is 4.55. The number of pyridine rings is 1. The number of ether oxygens (including phenoxy) is 3. The van der Waals surface area contributed by atoms with Crippen molar-refractivity contribution in [2.24, 2.45) is 0 Å². The normalized spacial score (nSPS) is 10.2. The Balaban J connectivity index is 1.61. The number of hydrogen-bond acceptors (Lipinski definition) is 6. The van der Waals surface area contributed by atoms with Gasteiger partial charge in [0.15, 0.2) is 11.5 Å². The van der Waals surface area contributed by atoms with Crippen LogP contribution in [-0.4, -0.2) is 32.3 Å². The Morgan fingerprint density at radius 1 is 1.07 bits per heavy atom. The van der Waals surface area contributed by atoms with E-state index >= 15 is 0 Å². The van der Waals surface area contributed by atoms with Crippen LogP contribution in [0.25, 0.3) is 11.3 Å². The standard InChI is InChI=1S/C20H21N3O5/c1-25-17-8-15(9-18(26-2)19(17)27-3)23-20(24)22-11-13-4-5-16(21-10-13)14-6-7-28-12-14/h4-10,12H,11H2,1-3H3,(H2,22,23,24). The number of nitrogens with zero attached hydrogens (tertiary/aromatic N) is 1. The monoisotopic (exact) mass is 383 g/mol. The van der Waals surface area contributed by atoms with Crippen molar-refractivity contribution in [3.63, 3.8) is 0 Å². The van der Waals surface area contributed by atoms with Crippen LogP contribution in [0.4, 0.5) is 10.5 Å². The molecule has 3 rings (SSSR count). The van der Waals surface area contributed by atoms with Gasteiger partial charge in [-0.25, -0.2) is 4.79 Å². The molecule has 2 heterocycles. The van der Waals surface area contributed by atoms with Gasteiger partial charge in [0, 0.05) is 30.4 Å². The Labute approximate surface area is 162 Å². The molecular formula is C20H21N3O5. The van der Waals surface area contributed by atoms with Crippen molar-refractivity contribution in [2.45, 2.75) is 6.54 Å². The Morgan fingerprint density at radius 3 is 2.36 bits per heavy atom. The number of benzene rings is 1. The highest BCUT2D eigenvalue weighted by Gasteiger charge is 2.14. The second-order valence-electron chi connectivity index (χ2n) is 5.79. The molecule has 0 aliphatic rings. The largest absolute Gasteiger partial charge is 0.493 e. The number of carbonyl (C=O) groups excluding carboxylic acids is 1. The van der Waals surface area contributed by atoms with Crippen LogP contribution in [0.2, 0.25) is 0 Å². The van der Waals surface area contributed by atoms with Crippen molar-refractivity contribution in [2.75, 3.05) is 26.6 Å². The second kappa shape index (κ2) is 8.81. The zero-order chi connectivity index (χ0) is 19.9. The minimum atomic E-state index is -0.367. The quantitative estimate of drug-likeness (QED) is 0.646. The molecule has 0 radical (unpaired) electrons. The van der Waals surface area contributed by atoms with E-state index in [1.54, 1.807) is 30.9 Å². The topological polar surface area (TPSA) is 94.9 Å². The molecule has 28 heavy (non-hydrogen) atoms. The Morgan fingerprint density at radius 2 is 1.82 bits per heavy atom. The zero-order valence-electron chi connectivity index (χ0n) is 15.8. The van der Waals surface area contributed by atoms with Gasteiger partial charge in [-0.3, -0.25) is 4.98 Å². The number of furan rings is 1. The number of anilines is 1. The molecule has 0 saturated heterocycles. The lowest BCUT2D eigenvalue weighted by Crippen LogP contribution is -2.28. The minimum Gasteiger partial charge on any atom is -0.493 e. The molecule has 8 nitrogen and oxygen atoms in total. The number of nitrogens with one attached hydrogen (secondary N) is 2. The fourth-order valence-electron chi connectivity index (χ4n) is 2.62. The summed E-state index contributed by atoms with van der Waals surface area (Å²) in [6.07, 6.45) is 4.94. The molecular weight excluding hydrogens is 362 g/mol. The van der Waals surface area contributed by atoms with Gasteiger partial charge in [0.05, 0.1) is 45.2 Å². The van der Waals surface area contributed by atoms with E-state index in [0.29, 0.717) is 29.5 Å². The van der Waals surface area contributed by atoms with E-state index in [0.717, 1.165) is 16.8 Å². The number of hydrogen-bond donors (Lipinski definition) is 2. The first-order valence-corrected chi connectivity index (χ1v) is 8.47. The first-order valence-electron chi connectivity index (χ1n) is 8.47. The van der Waals surface area contributed by atoms with E-state index in [4.69, 9.17) is 18.6 Å². The van der Waals surface area contributed by atoms with E-state index in [1.165, 1.54) is 21.3 Å². The maximum Gasteiger partial charge on any atom is 0.319 e. The minimum absolute atomic E-state index is 0.328. The van der Waals surface area contributed by atoms with Crippen LogP contribution < -0.4 is 24.8 Å². The summed E-state index contributed by atoms with van der Waals surface area (Å²) in [5.74, 6) is 1.37. The molecule has 0 saturated carbocycles. The highest BCUT2D eigenvalue weighted by Crippen LogP contribution is 2.39. The Bertz CT molecular complexity index is 899. The lowest BCUT2D eigenvalue weighted by atomic mass is 10.2. The molecule has 2 N–H and O–H groups in total. The summed E-state index contributed by atoms with van der Waals surface area (Å²) in [4.78, 5) is 16.6. The third kappa shape index (κ3) is 4.35. The highest BCUT2D eigenvalue weighted by atomic mass is 16.5. The van der Waals surface area contributed by atoms with Crippen LogP contribution in [0.1, 0.15) is 5.56 Å². The molecule has 8 heteroatoms. The summed E-state index contributed by atoms with van der Waals surface area (Å²) >= 11 is 0. The first kappa shape index (κ1) is 19.1. The van der Waals surface area contributed by atoms with Gasteiger partial charge in [-0.1, -0.05) is 6.07 Å². The van der Waals surface area contributed by atoms with E-state index < -0.39 is 0 Å². The van der Waals surface area contributed by atoms with Crippen LogP contribution >= 0.6 is 0 Å². The molecule has 146 valence electrons. The number of rotatable bonds is 7. The van der Waals surface area contributed by atoms with Crippen molar-refractivity contribution in [3.05, 3.63) is 54.6 Å². The Hall–Kier alpha value is -3.68. The van der Waals surface area contributed by atoms with Gasteiger partial charge in [-0.05, 0) is 17.7 Å². The average molecular weight is 383 g/mol. The van der Waals surface area contributed by atoms with Crippen LogP contribution in [0.5, 0.6) is 17.2 Å². The van der Waals surface area contributed by atoms with E-state index in [-0.39, 0.29) is 6.03 Å². The highest BCUT2D eigenvalue weighted by molar-refractivity contribution is 5.90. The molecule has 0 atom stereocenters.